The first-order chi connectivity index (χ1) is 9.66. The van der Waals surface area contributed by atoms with E-state index in [1.165, 1.54) is 32.4 Å². The highest BCUT2D eigenvalue weighted by atomic mass is 16.1. The summed E-state index contributed by atoms with van der Waals surface area (Å²) in [5, 5.41) is 2.96. The summed E-state index contributed by atoms with van der Waals surface area (Å²) < 4.78 is 0. The monoisotopic (exact) mass is 275 g/mol. The molecule has 1 aliphatic heterocycles. The second-order valence-electron chi connectivity index (χ2n) is 5.58. The summed E-state index contributed by atoms with van der Waals surface area (Å²) in [7, 11) is 0. The van der Waals surface area contributed by atoms with Gasteiger partial charge >= 0.3 is 0 Å². The molecule has 4 heteroatoms. The molecule has 0 aromatic heterocycles. The van der Waals surface area contributed by atoms with Crippen molar-refractivity contribution in [3.8, 4) is 0 Å². The van der Waals surface area contributed by atoms with Gasteiger partial charge in [-0.2, -0.15) is 0 Å². The molecule has 20 heavy (non-hydrogen) atoms. The maximum Gasteiger partial charge on any atom is 0.251 e. The lowest BCUT2D eigenvalue weighted by atomic mass is 10.1. The number of anilines is 1. The predicted molar refractivity (Wildman–Crippen MR) is 82.8 cm³/mol. The maximum absolute atomic E-state index is 12.0. The Bertz CT molecular complexity index is 453. The van der Waals surface area contributed by atoms with Crippen molar-refractivity contribution in [1.29, 1.82) is 0 Å². The number of hydrogen-bond donors (Lipinski definition) is 2. The van der Waals surface area contributed by atoms with Gasteiger partial charge in [0.2, 0.25) is 0 Å². The average Bonchev–Trinajstić information content (AvgIpc) is 2.47. The lowest BCUT2D eigenvalue weighted by Crippen LogP contribution is -2.33. The van der Waals surface area contributed by atoms with Gasteiger partial charge in [-0.15, -0.1) is 0 Å². The standard InChI is InChI=1S/C16H25N3O/c1-13-6-7-14(12-15(13)17)16(20)18-8-5-11-19-9-3-2-4-10-19/h6-7,12H,2-5,8-11,17H2,1H3,(H,18,20). The van der Waals surface area contributed by atoms with Crippen molar-refractivity contribution >= 4 is 11.6 Å². The van der Waals surface area contributed by atoms with E-state index in [9.17, 15) is 4.79 Å². The van der Waals surface area contributed by atoms with Crippen molar-refractivity contribution < 1.29 is 4.79 Å². The second-order valence-corrected chi connectivity index (χ2v) is 5.58. The van der Waals surface area contributed by atoms with Crippen LogP contribution in [0.25, 0.3) is 0 Å². The Morgan fingerprint density at radius 3 is 2.75 bits per heavy atom. The summed E-state index contributed by atoms with van der Waals surface area (Å²) in [6.45, 7) is 6.17. The Labute approximate surface area is 121 Å². The van der Waals surface area contributed by atoms with E-state index in [0.717, 1.165) is 25.1 Å². The fraction of sp³-hybridized carbons (Fsp3) is 0.562. The highest BCUT2D eigenvalue weighted by molar-refractivity contribution is 5.95. The molecular weight excluding hydrogens is 250 g/mol. The van der Waals surface area contributed by atoms with Gasteiger partial charge in [0.05, 0.1) is 0 Å². The van der Waals surface area contributed by atoms with Crippen LogP contribution < -0.4 is 11.1 Å². The lowest BCUT2D eigenvalue weighted by Gasteiger charge is -2.26. The maximum atomic E-state index is 12.0. The van der Waals surface area contributed by atoms with Crippen LogP contribution in [0.3, 0.4) is 0 Å². The zero-order valence-electron chi connectivity index (χ0n) is 12.3. The van der Waals surface area contributed by atoms with Crippen molar-refractivity contribution in [2.45, 2.75) is 32.6 Å². The van der Waals surface area contributed by atoms with Gasteiger partial charge in [0, 0.05) is 17.8 Å². The fourth-order valence-corrected chi connectivity index (χ4v) is 2.57. The largest absolute Gasteiger partial charge is 0.398 e. The van der Waals surface area contributed by atoms with Crippen LogP contribution in [0.1, 0.15) is 41.6 Å². The summed E-state index contributed by atoms with van der Waals surface area (Å²) >= 11 is 0. The van der Waals surface area contributed by atoms with E-state index in [2.05, 4.69) is 10.2 Å². The third-order valence-electron chi connectivity index (χ3n) is 3.93. The predicted octanol–water partition coefficient (Wildman–Crippen LogP) is 2.18. The molecule has 0 bridgehead atoms. The number of nitrogens with two attached hydrogens (primary N) is 1. The topological polar surface area (TPSA) is 58.4 Å². The van der Waals surface area contributed by atoms with Gasteiger partial charge in [0.25, 0.3) is 5.91 Å². The first kappa shape index (κ1) is 14.9. The molecule has 1 aromatic rings. The number of rotatable bonds is 5. The van der Waals surface area contributed by atoms with Crippen LogP contribution in [0.4, 0.5) is 5.69 Å². The number of amides is 1. The Balaban J connectivity index is 1.70. The summed E-state index contributed by atoms with van der Waals surface area (Å²) in [5.74, 6) is -0.0321. The molecular formula is C16H25N3O. The van der Waals surface area contributed by atoms with Gasteiger partial charge in [0.1, 0.15) is 0 Å². The molecule has 1 aliphatic rings. The first-order valence-electron chi connectivity index (χ1n) is 7.53. The van der Waals surface area contributed by atoms with E-state index in [4.69, 9.17) is 5.73 Å². The quantitative estimate of drug-likeness (QED) is 0.639. The minimum atomic E-state index is -0.0321. The molecule has 1 heterocycles. The van der Waals surface area contributed by atoms with Gasteiger partial charge in [-0.25, -0.2) is 0 Å². The van der Waals surface area contributed by atoms with Crippen LogP contribution in [0.2, 0.25) is 0 Å². The third-order valence-corrected chi connectivity index (χ3v) is 3.93. The number of aryl methyl sites for hydroxylation is 1. The molecule has 0 spiro atoms. The normalized spacial score (nSPS) is 16.1. The summed E-state index contributed by atoms with van der Waals surface area (Å²) in [6.07, 6.45) is 5.00. The number of nitrogen functional groups attached to an aromatic ring is 1. The fourth-order valence-electron chi connectivity index (χ4n) is 2.57. The van der Waals surface area contributed by atoms with E-state index in [1.54, 1.807) is 6.07 Å². The van der Waals surface area contributed by atoms with E-state index in [1.807, 2.05) is 19.1 Å². The molecule has 0 unspecified atom stereocenters. The average molecular weight is 275 g/mol. The van der Waals surface area contributed by atoms with Gasteiger partial charge in [-0.1, -0.05) is 12.5 Å². The number of benzene rings is 1. The van der Waals surface area contributed by atoms with E-state index < -0.39 is 0 Å². The Morgan fingerprint density at radius 2 is 2.05 bits per heavy atom. The SMILES string of the molecule is Cc1ccc(C(=O)NCCCN2CCCCC2)cc1N. The van der Waals surface area contributed by atoms with Crippen molar-refractivity contribution in [3.63, 3.8) is 0 Å². The first-order valence-corrected chi connectivity index (χ1v) is 7.53. The number of nitrogens with zero attached hydrogens (tertiary/aromatic N) is 1. The number of carbonyl (C=O) groups is 1. The molecule has 1 fully saturated rings. The van der Waals surface area contributed by atoms with Gasteiger partial charge < -0.3 is 16.0 Å². The number of piperidine rings is 1. The number of carbonyl (C=O) groups excluding carboxylic acids is 1. The molecule has 0 radical (unpaired) electrons. The van der Waals surface area contributed by atoms with Crippen molar-refractivity contribution in [3.05, 3.63) is 29.3 Å². The molecule has 110 valence electrons. The highest BCUT2D eigenvalue weighted by Gasteiger charge is 2.10. The molecule has 4 nitrogen and oxygen atoms in total. The van der Waals surface area contributed by atoms with Gasteiger partial charge in [-0.05, 0) is 63.5 Å². The van der Waals surface area contributed by atoms with Crippen LogP contribution in [-0.4, -0.2) is 37.0 Å². The molecule has 0 atom stereocenters. The smallest absolute Gasteiger partial charge is 0.251 e. The van der Waals surface area contributed by atoms with E-state index in [0.29, 0.717) is 11.3 Å². The van der Waals surface area contributed by atoms with Gasteiger partial charge in [0.15, 0.2) is 0 Å². The molecule has 1 saturated heterocycles. The minimum absolute atomic E-state index is 0.0321. The zero-order chi connectivity index (χ0) is 14.4. The summed E-state index contributed by atoms with van der Waals surface area (Å²) in [6, 6.07) is 5.46. The van der Waals surface area contributed by atoms with Crippen LogP contribution in [0.15, 0.2) is 18.2 Å². The molecule has 0 saturated carbocycles. The third kappa shape index (κ3) is 4.23. The van der Waals surface area contributed by atoms with E-state index in [-0.39, 0.29) is 5.91 Å². The van der Waals surface area contributed by atoms with Gasteiger partial charge in [-0.3, -0.25) is 4.79 Å². The van der Waals surface area contributed by atoms with Crippen LogP contribution in [0, 0.1) is 6.92 Å². The van der Waals surface area contributed by atoms with Crippen LogP contribution >= 0.6 is 0 Å². The zero-order valence-corrected chi connectivity index (χ0v) is 12.3. The van der Waals surface area contributed by atoms with E-state index >= 15 is 0 Å². The lowest BCUT2D eigenvalue weighted by molar-refractivity contribution is 0.0951. The summed E-state index contributed by atoms with van der Waals surface area (Å²) in [5.41, 5.74) is 8.15. The minimum Gasteiger partial charge on any atom is -0.398 e. The summed E-state index contributed by atoms with van der Waals surface area (Å²) in [4.78, 5) is 14.5. The number of likely N-dealkylation sites (tertiary alicyclic amines) is 1. The molecule has 1 amide bonds. The Morgan fingerprint density at radius 1 is 1.30 bits per heavy atom. The molecule has 1 aromatic carbocycles. The highest BCUT2D eigenvalue weighted by Crippen LogP contribution is 2.12. The Kier molecular flexibility index (Phi) is 5.41. The van der Waals surface area contributed by atoms with Crippen LogP contribution in [-0.2, 0) is 0 Å². The van der Waals surface area contributed by atoms with Crippen molar-refractivity contribution in [2.24, 2.45) is 0 Å². The van der Waals surface area contributed by atoms with Crippen molar-refractivity contribution in [2.75, 3.05) is 31.9 Å². The second kappa shape index (κ2) is 7.29. The Hall–Kier alpha value is -1.55. The van der Waals surface area contributed by atoms with Crippen molar-refractivity contribution in [1.82, 2.24) is 10.2 Å². The molecule has 3 N–H and O–H groups in total. The number of hydrogen-bond acceptors (Lipinski definition) is 3. The molecule has 0 aliphatic carbocycles. The molecule has 2 rings (SSSR count). The number of nitrogens with one attached hydrogen (secondary N) is 1. The van der Waals surface area contributed by atoms with Crippen LogP contribution in [0.5, 0.6) is 0 Å².